The maximum Gasteiger partial charge on any atom is 2.00 e. The van der Waals surface area contributed by atoms with Crippen molar-refractivity contribution in [2.45, 2.75) is 6.92 Å². The minimum Gasteiger partial charge on any atom is -0.365 e. The van der Waals surface area contributed by atoms with Gasteiger partial charge in [0.25, 0.3) is 0 Å². The summed E-state index contributed by atoms with van der Waals surface area (Å²) >= 11 is 0. The molecule has 1 aromatic rings. The molecule has 0 saturated heterocycles. The third kappa shape index (κ3) is 1.65. The van der Waals surface area contributed by atoms with Gasteiger partial charge in [-0.2, -0.15) is 5.56 Å². The van der Waals surface area contributed by atoms with Gasteiger partial charge in [0.05, 0.1) is 0 Å². The van der Waals surface area contributed by atoms with Crippen LogP contribution in [0.25, 0.3) is 0 Å². The van der Waals surface area contributed by atoms with Gasteiger partial charge in [-0.1, -0.05) is 6.92 Å². The number of nitriles is 1. The van der Waals surface area contributed by atoms with Crippen LogP contribution in [0.2, 0.25) is 0 Å². The Kier molecular flexibility index (Phi) is 3.19. The number of aromatic amines is 1. The fourth-order valence-electron chi connectivity index (χ4n) is 0.416. The zero-order valence-electron chi connectivity index (χ0n) is 4.80. The molecule has 1 rings (SSSR count). The summed E-state index contributed by atoms with van der Waals surface area (Å²) < 4.78 is 0. The number of aryl methyl sites for hydroxylation is 1. The summed E-state index contributed by atoms with van der Waals surface area (Å²) in [5, 5.41) is 14.3. The van der Waals surface area contributed by atoms with Gasteiger partial charge >= 0.3 is 21.1 Å². The zero-order valence-corrected chi connectivity index (χ0v) is 7.74. The topological polar surface area (TPSA) is 52.5 Å². The Morgan fingerprint density at radius 3 is 2.67 bits per heavy atom. The largest absolute Gasteiger partial charge is 2.00 e. The molecule has 44 valence electrons. The zero-order chi connectivity index (χ0) is 5.98. The molecule has 4 heteroatoms. The molecule has 0 saturated carbocycles. The van der Waals surface area contributed by atoms with E-state index in [0.717, 1.165) is 5.56 Å². The van der Waals surface area contributed by atoms with E-state index in [1.807, 2.05) is 6.07 Å². The Morgan fingerprint density at radius 1 is 1.78 bits per heavy atom. The van der Waals surface area contributed by atoms with Crippen LogP contribution in [0, 0.1) is 24.5 Å². The van der Waals surface area contributed by atoms with Crippen molar-refractivity contribution in [1.82, 2.24) is 10.2 Å². The van der Waals surface area contributed by atoms with Crippen LogP contribution in [0.4, 0.5) is 0 Å². The summed E-state index contributed by atoms with van der Waals surface area (Å²) in [4.78, 5) is 0. The predicted octanol–water partition coefficient (Wildman–Crippen LogP) is 0.387. The molecular weight excluding hydrogens is 286 g/mol. The predicted molar refractivity (Wildman–Crippen MR) is 26.9 cm³/mol. The maximum atomic E-state index is 8.27. The van der Waals surface area contributed by atoms with Gasteiger partial charge in [0.1, 0.15) is 0 Å². The second kappa shape index (κ2) is 3.42. The Labute approximate surface area is 67.3 Å². The van der Waals surface area contributed by atoms with Crippen molar-refractivity contribution in [2.24, 2.45) is 0 Å². The first-order valence-electron chi connectivity index (χ1n) is 2.17. The third-order valence-electron chi connectivity index (χ3n) is 0.878. The second-order valence-electron chi connectivity index (χ2n) is 1.45. The van der Waals surface area contributed by atoms with Crippen LogP contribution >= 0.6 is 0 Å². The van der Waals surface area contributed by atoms with Gasteiger partial charge in [-0.3, -0.25) is 0 Å². The molecule has 0 aliphatic heterocycles. The van der Waals surface area contributed by atoms with Gasteiger partial charge in [-0.15, -0.1) is 6.20 Å². The van der Waals surface area contributed by atoms with E-state index in [0.29, 0.717) is 5.69 Å². The van der Waals surface area contributed by atoms with E-state index < -0.39 is 0 Å². The average molecular weight is 290 g/mol. The van der Waals surface area contributed by atoms with E-state index in [4.69, 9.17) is 5.26 Å². The van der Waals surface area contributed by atoms with Crippen molar-refractivity contribution in [2.75, 3.05) is 0 Å². The van der Waals surface area contributed by atoms with E-state index in [1.54, 1.807) is 6.92 Å². The van der Waals surface area contributed by atoms with Crippen molar-refractivity contribution in [3.63, 3.8) is 0 Å². The molecule has 1 aromatic heterocycles. The molecule has 0 aliphatic rings. The van der Waals surface area contributed by atoms with Crippen LogP contribution in [0.15, 0.2) is 0 Å². The number of rotatable bonds is 0. The van der Waals surface area contributed by atoms with Crippen LogP contribution in [0.1, 0.15) is 11.3 Å². The van der Waals surface area contributed by atoms with Crippen molar-refractivity contribution >= 4 is 0 Å². The first-order valence-corrected chi connectivity index (χ1v) is 2.17. The number of hydrogen-bond acceptors (Lipinski definition) is 2. The SMILES string of the molecule is Cc1[c-]n[nH]c1C#N.[W+2]. The molecule has 0 atom stereocenters. The number of nitrogens with zero attached hydrogens (tertiary/aromatic N) is 2. The van der Waals surface area contributed by atoms with Gasteiger partial charge < -0.3 is 10.2 Å². The van der Waals surface area contributed by atoms with E-state index in [1.165, 1.54) is 0 Å². The molecule has 3 nitrogen and oxygen atoms in total. The van der Waals surface area contributed by atoms with Crippen molar-refractivity contribution < 1.29 is 21.1 Å². The van der Waals surface area contributed by atoms with Crippen LogP contribution in [0.3, 0.4) is 0 Å². The maximum absolute atomic E-state index is 8.27. The molecule has 1 heterocycles. The number of aromatic nitrogens is 2. The van der Waals surface area contributed by atoms with Crippen LogP contribution in [-0.4, -0.2) is 10.2 Å². The minimum atomic E-state index is 0. The molecular formula is C5H4N3W+. The summed E-state index contributed by atoms with van der Waals surface area (Å²) in [6.07, 6.45) is 2.59. The monoisotopic (exact) mass is 290 g/mol. The number of nitrogens with one attached hydrogen (secondary N) is 1. The quantitative estimate of drug-likeness (QED) is 0.703. The molecule has 0 aliphatic carbocycles. The van der Waals surface area contributed by atoms with Gasteiger partial charge in [-0.25, -0.2) is 5.26 Å². The molecule has 0 spiro atoms. The van der Waals surface area contributed by atoms with Crippen LogP contribution < -0.4 is 0 Å². The summed E-state index contributed by atoms with van der Waals surface area (Å²) in [6, 6.07) is 1.93. The molecule has 0 aromatic carbocycles. The van der Waals surface area contributed by atoms with Gasteiger partial charge in [0, 0.05) is 6.07 Å². The number of hydrogen-bond donors (Lipinski definition) is 1. The van der Waals surface area contributed by atoms with Gasteiger partial charge in [0.15, 0.2) is 0 Å². The Bertz CT molecular complexity index is 222. The molecule has 0 amide bonds. The normalized spacial score (nSPS) is 7.56. The van der Waals surface area contributed by atoms with Crippen LogP contribution in [-0.2, 0) is 21.1 Å². The molecule has 0 radical (unpaired) electrons. The molecule has 0 fully saturated rings. The van der Waals surface area contributed by atoms with Crippen molar-refractivity contribution in [3.8, 4) is 6.07 Å². The first kappa shape index (κ1) is 8.39. The summed E-state index contributed by atoms with van der Waals surface area (Å²) in [5.74, 6) is 0. The Morgan fingerprint density at radius 2 is 2.44 bits per heavy atom. The molecule has 0 bridgehead atoms. The first-order chi connectivity index (χ1) is 3.84. The van der Waals surface area contributed by atoms with E-state index in [2.05, 4.69) is 16.4 Å². The summed E-state index contributed by atoms with van der Waals surface area (Å²) in [7, 11) is 0. The number of H-pyrrole nitrogens is 1. The van der Waals surface area contributed by atoms with Crippen molar-refractivity contribution in [1.29, 1.82) is 5.26 Å². The molecule has 9 heavy (non-hydrogen) atoms. The smallest absolute Gasteiger partial charge is 0.365 e. The summed E-state index contributed by atoms with van der Waals surface area (Å²) in [5.41, 5.74) is 1.26. The molecule has 1 N–H and O–H groups in total. The minimum absolute atomic E-state index is 0. The summed E-state index contributed by atoms with van der Waals surface area (Å²) in [6.45, 7) is 1.78. The fourth-order valence-corrected chi connectivity index (χ4v) is 0.416. The van der Waals surface area contributed by atoms with Crippen molar-refractivity contribution in [3.05, 3.63) is 17.5 Å². The fraction of sp³-hybridized carbons (Fsp3) is 0.200. The average Bonchev–Trinajstić information content (AvgIpc) is 2.14. The second-order valence-corrected chi connectivity index (χ2v) is 1.45. The molecule has 0 unspecified atom stereocenters. The van der Waals surface area contributed by atoms with Gasteiger partial charge in [0.2, 0.25) is 0 Å². The Hall–Kier alpha value is -0.612. The van der Waals surface area contributed by atoms with Crippen LogP contribution in [0.5, 0.6) is 0 Å². The van der Waals surface area contributed by atoms with E-state index in [9.17, 15) is 0 Å². The van der Waals surface area contributed by atoms with E-state index >= 15 is 0 Å². The third-order valence-corrected chi connectivity index (χ3v) is 0.878. The Balaban J connectivity index is 0.000000640. The standard InChI is InChI=1S/C5H4N3.W/c1-4-3-7-8-5(4)2-6;/h1H3,(H,7,8);/q-1;+2. The van der Waals surface area contributed by atoms with E-state index in [-0.39, 0.29) is 21.1 Å². The van der Waals surface area contributed by atoms with Gasteiger partial charge in [-0.05, 0) is 5.69 Å².